The lowest BCUT2D eigenvalue weighted by Crippen LogP contribution is -2.38. The minimum Gasteiger partial charge on any atom is -0.341 e. The number of nitrogens with zero attached hydrogens (tertiary/aromatic N) is 1. The van der Waals surface area contributed by atoms with Gasteiger partial charge >= 0.3 is 0 Å². The summed E-state index contributed by atoms with van der Waals surface area (Å²) < 4.78 is 0. The molecule has 3 atom stereocenters. The summed E-state index contributed by atoms with van der Waals surface area (Å²) in [6.07, 6.45) is 4.51. The maximum absolute atomic E-state index is 12.5. The van der Waals surface area contributed by atoms with Gasteiger partial charge in [-0.1, -0.05) is 31.2 Å². The van der Waals surface area contributed by atoms with E-state index in [1.54, 1.807) is 0 Å². The Labute approximate surface area is 121 Å². The lowest BCUT2D eigenvalue weighted by molar-refractivity contribution is -0.135. The Bertz CT molecular complexity index is 482. The molecule has 2 aliphatic heterocycles. The summed E-state index contributed by atoms with van der Waals surface area (Å²) in [5, 5.41) is 3.55. The number of amides is 1. The number of carbonyl (C=O) groups excluding carboxylic acids is 1. The molecule has 3 unspecified atom stereocenters. The topological polar surface area (TPSA) is 32.3 Å². The van der Waals surface area contributed by atoms with Crippen molar-refractivity contribution in [2.75, 3.05) is 7.05 Å². The van der Waals surface area contributed by atoms with Gasteiger partial charge in [-0.25, -0.2) is 0 Å². The summed E-state index contributed by atoms with van der Waals surface area (Å²) in [6, 6.07) is 9.62. The molecule has 0 aliphatic carbocycles. The van der Waals surface area contributed by atoms with E-state index in [9.17, 15) is 4.79 Å². The van der Waals surface area contributed by atoms with Gasteiger partial charge in [0.15, 0.2) is 0 Å². The second kappa shape index (κ2) is 5.57. The monoisotopic (exact) mass is 272 g/mol. The highest BCUT2D eigenvalue weighted by atomic mass is 16.2. The van der Waals surface area contributed by atoms with Gasteiger partial charge < -0.3 is 10.2 Å². The maximum atomic E-state index is 12.5. The summed E-state index contributed by atoms with van der Waals surface area (Å²) in [5.74, 6) is 0.512. The van der Waals surface area contributed by atoms with Crippen LogP contribution in [0.1, 0.15) is 37.3 Å². The highest BCUT2D eigenvalue weighted by Crippen LogP contribution is 2.34. The number of aryl methyl sites for hydroxylation is 1. The van der Waals surface area contributed by atoms with Crippen molar-refractivity contribution in [3.8, 4) is 0 Å². The van der Waals surface area contributed by atoms with E-state index in [0.717, 1.165) is 19.4 Å². The number of rotatable bonds is 4. The van der Waals surface area contributed by atoms with E-state index >= 15 is 0 Å². The van der Waals surface area contributed by atoms with Crippen molar-refractivity contribution in [1.82, 2.24) is 10.2 Å². The third-order valence-corrected chi connectivity index (χ3v) is 4.84. The van der Waals surface area contributed by atoms with Crippen LogP contribution in [-0.4, -0.2) is 29.9 Å². The van der Waals surface area contributed by atoms with E-state index in [-0.39, 0.29) is 5.92 Å². The molecule has 2 bridgehead atoms. The van der Waals surface area contributed by atoms with Crippen molar-refractivity contribution >= 4 is 5.91 Å². The Morgan fingerprint density at radius 1 is 1.25 bits per heavy atom. The van der Waals surface area contributed by atoms with Gasteiger partial charge in [0.1, 0.15) is 0 Å². The Balaban J connectivity index is 1.60. The molecule has 0 saturated carbocycles. The highest BCUT2D eigenvalue weighted by molar-refractivity contribution is 5.80. The first-order valence-corrected chi connectivity index (χ1v) is 7.76. The fourth-order valence-corrected chi connectivity index (χ4v) is 3.61. The Morgan fingerprint density at radius 3 is 2.50 bits per heavy atom. The Hall–Kier alpha value is -1.35. The minimum atomic E-state index is 0.202. The number of nitrogens with one attached hydrogen (secondary N) is 1. The first-order valence-electron chi connectivity index (χ1n) is 7.76. The fourth-order valence-electron chi connectivity index (χ4n) is 3.61. The molecule has 3 heteroatoms. The largest absolute Gasteiger partial charge is 0.341 e. The molecular formula is C17H24N2O. The van der Waals surface area contributed by atoms with Crippen LogP contribution in [0.25, 0.3) is 0 Å². The normalized spacial score (nSPS) is 27.8. The molecule has 108 valence electrons. The second-order valence-corrected chi connectivity index (χ2v) is 6.25. The first-order chi connectivity index (χ1) is 9.67. The van der Waals surface area contributed by atoms with Crippen LogP contribution >= 0.6 is 0 Å². The van der Waals surface area contributed by atoms with Crippen LogP contribution in [0.3, 0.4) is 0 Å². The molecule has 0 spiro atoms. The van der Waals surface area contributed by atoms with E-state index in [1.807, 2.05) is 11.9 Å². The summed E-state index contributed by atoms with van der Waals surface area (Å²) in [5.41, 5.74) is 2.56. The van der Waals surface area contributed by atoms with E-state index in [2.05, 4.69) is 36.5 Å². The third-order valence-electron chi connectivity index (χ3n) is 4.84. The molecule has 2 heterocycles. The number of hydrogen-bond acceptors (Lipinski definition) is 2. The lowest BCUT2D eigenvalue weighted by atomic mass is 9.88. The van der Waals surface area contributed by atoms with Crippen LogP contribution in [0.4, 0.5) is 0 Å². The molecule has 2 saturated heterocycles. The zero-order valence-corrected chi connectivity index (χ0v) is 12.4. The molecule has 3 rings (SSSR count). The summed E-state index contributed by atoms with van der Waals surface area (Å²) >= 11 is 0. The molecule has 1 aromatic carbocycles. The van der Waals surface area contributed by atoms with Gasteiger partial charge in [-0.05, 0) is 36.8 Å². The van der Waals surface area contributed by atoms with Gasteiger partial charge in [-0.3, -0.25) is 4.79 Å². The average Bonchev–Trinajstić information content (AvgIpc) is 3.10. The van der Waals surface area contributed by atoms with Crippen LogP contribution in [0.15, 0.2) is 24.3 Å². The molecule has 2 aliphatic rings. The summed E-state index contributed by atoms with van der Waals surface area (Å²) in [4.78, 5) is 14.4. The predicted molar refractivity (Wildman–Crippen MR) is 80.3 cm³/mol. The first kappa shape index (κ1) is 13.6. The van der Waals surface area contributed by atoms with E-state index in [0.29, 0.717) is 18.0 Å². The molecule has 0 aromatic heterocycles. The Morgan fingerprint density at radius 2 is 1.95 bits per heavy atom. The minimum absolute atomic E-state index is 0.202. The van der Waals surface area contributed by atoms with E-state index < -0.39 is 0 Å². The third kappa shape index (κ3) is 2.59. The number of benzene rings is 1. The molecular weight excluding hydrogens is 248 g/mol. The number of fused-ring (bicyclic) bond motifs is 2. The van der Waals surface area contributed by atoms with Crippen molar-refractivity contribution in [2.24, 2.45) is 5.92 Å². The van der Waals surface area contributed by atoms with Crippen LogP contribution in [0.2, 0.25) is 0 Å². The van der Waals surface area contributed by atoms with Crippen LogP contribution in [-0.2, 0) is 17.8 Å². The van der Waals surface area contributed by atoms with Gasteiger partial charge in [0.2, 0.25) is 5.91 Å². The smallest absolute Gasteiger partial charge is 0.227 e. The van der Waals surface area contributed by atoms with Gasteiger partial charge in [-0.2, -0.15) is 0 Å². The molecule has 1 N–H and O–H groups in total. The highest BCUT2D eigenvalue weighted by Gasteiger charge is 2.43. The van der Waals surface area contributed by atoms with Crippen LogP contribution in [0.5, 0.6) is 0 Å². The van der Waals surface area contributed by atoms with Gasteiger partial charge in [-0.15, -0.1) is 0 Å². The van der Waals surface area contributed by atoms with Crippen molar-refractivity contribution in [2.45, 2.75) is 51.2 Å². The maximum Gasteiger partial charge on any atom is 0.227 e. The molecule has 2 fully saturated rings. The second-order valence-electron chi connectivity index (χ2n) is 6.25. The summed E-state index contributed by atoms with van der Waals surface area (Å²) in [7, 11) is 1.93. The predicted octanol–water partition coefficient (Wildman–Crippen LogP) is 2.35. The quantitative estimate of drug-likeness (QED) is 0.912. The number of hydrogen-bond donors (Lipinski definition) is 1. The molecule has 3 nitrogen and oxygen atoms in total. The standard InChI is InChI=1S/C17H24N2O/c1-3-12-4-6-13(7-5-12)11-19(2)17(20)15-10-14-8-9-16(15)18-14/h4-7,14-16,18H,3,8-11H2,1-2H3. The fraction of sp³-hybridized carbons (Fsp3) is 0.588. The van der Waals surface area contributed by atoms with Crippen molar-refractivity contribution in [1.29, 1.82) is 0 Å². The van der Waals surface area contributed by atoms with Crippen molar-refractivity contribution in [3.63, 3.8) is 0 Å². The molecule has 1 aromatic rings. The Kier molecular flexibility index (Phi) is 3.79. The average molecular weight is 272 g/mol. The van der Waals surface area contributed by atoms with Crippen LogP contribution in [0, 0.1) is 5.92 Å². The van der Waals surface area contributed by atoms with E-state index in [4.69, 9.17) is 0 Å². The van der Waals surface area contributed by atoms with E-state index in [1.165, 1.54) is 24.0 Å². The lowest BCUT2D eigenvalue weighted by Gasteiger charge is -2.25. The summed E-state index contributed by atoms with van der Waals surface area (Å²) in [6.45, 7) is 2.88. The van der Waals surface area contributed by atoms with Gasteiger partial charge in [0.05, 0.1) is 5.92 Å². The molecule has 1 amide bonds. The zero-order valence-electron chi connectivity index (χ0n) is 12.4. The van der Waals surface area contributed by atoms with Crippen LogP contribution < -0.4 is 5.32 Å². The molecule has 0 radical (unpaired) electrons. The SMILES string of the molecule is CCc1ccc(CN(C)C(=O)C2CC3CCC2N3)cc1. The number of carbonyl (C=O) groups is 1. The zero-order chi connectivity index (χ0) is 14.1. The van der Waals surface area contributed by atoms with Gasteiger partial charge in [0, 0.05) is 25.7 Å². The molecule has 20 heavy (non-hydrogen) atoms. The van der Waals surface area contributed by atoms with Gasteiger partial charge in [0.25, 0.3) is 0 Å². The van der Waals surface area contributed by atoms with Crippen molar-refractivity contribution in [3.05, 3.63) is 35.4 Å². The van der Waals surface area contributed by atoms with Crippen molar-refractivity contribution < 1.29 is 4.79 Å².